The number of hydrogen-bond acceptors (Lipinski definition) is 2. The van der Waals surface area contributed by atoms with Crippen LogP contribution in [0, 0.1) is 18.4 Å². The summed E-state index contributed by atoms with van der Waals surface area (Å²) >= 11 is 0. The molecule has 2 fully saturated rings. The molecule has 0 radical (unpaired) electrons. The Morgan fingerprint density at radius 3 is 2.48 bits per heavy atom. The second-order valence-corrected chi connectivity index (χ2v) is 7.06. The zero-order valence-electron chi connectivity index (χ0n) is 14.3. The number of benzene rings is 1. The van der Waals surface area contributed by atoms with Crippen LogP contribution in [0.4, 0.5) is 18.9 Å². The third-order valence-electron chi connectivity index (χ3n) is 5.38. The molecule has 1 aromatic heterocycles. The lowest BCUT2D eigenvalue weighted by Crippen LogP contribution is -2.24. The molecule has 1 heterocycles. The quantitative estimate of drug-likeness (QED) is 0.676. The summed E-state index contributed by atoms with van der Waals surface area (Å²) in [5, 5.41) is 4.46. The molecule has 1 aromatic carbocycles. The number of nitrogens with zero attached hydrogens (tertiary/aromatic N) is 3. The first kappa shape index (κ1) is 17.5. The smallest absolute Gasteiger partial charge is 0.281 e. The molecule has 2 atom stereocenters. The lowest BCUT2D eigenvalue weighted by molar-refractivity contribution is -0.136. The van der Waals surface area contributed by atoms with Crippen LogP contribution in [0.15, 0.2) is 46.3 Å². The van der Waals surface area contributed by atoms with Gasteiger partial charge >= 0.3 is 6.18 Å². The van der Waals surface area contributed by atoms with Gasteiger partial charge in [-0.05, 0) is 43.6 Å². The summed E-state index contributed by atoms with van der Waals surface area (Å²) in [6.07, 6.45) is -0.884. The number of hydrogen-bond donors (Lipinski definition) is 0. The molecule has 2 aromatic rings. The zero-order valence-corrected chi connectivity index (χ0v) is 14.3. The number of halogens is 3. The molecule has 0 spiro atoms. The van der Waals surface area contributed by atoms with E-state index in [-0.39, 0.29) is 11.6 Å². The average Bonchev–Trinajstić information content (AvgIpc) is 3.26. The van der Waals surface area contributed by atoms with Crippen LogP contribution in [0.5, 0.6) is 0 Å². The van der Waals surface area contributed by atoms with E-state index in [0.717, 1.165) is 42.1 Å². The van der Waals surface area contributed by atoms with E-state index in [1.807, 2.05) is 0 Å². The largest absolute Gasteiger partial charge is 0.407 e. The normalized spacial score (nSPS) is 23.0. The first-order chi connectivity index (χ1) is 12.9. The zero-order chi connectivity index (χ0) is 19.2. The summed E-state index contributed by atoms with van der Waals surface area (Å²) < 4.78 is 41.3. The Labute approximate surface area is 153 Å². The summed E-state index contributed by atoms with van der Waals surface area (Å²) in [5.74, 6) is 0.823. The van der Waals surface area contributed by atoms with Crippen molar-refractivity contribution in [2.45, 2.75) is 31.9 Å². The van der Waals surface area contributed by atoms with Crippen molar-refractivity contribution in [3.05, 3.63) is 63.7 Å². The van der Waals surface area contributed by atoms with Gasteiger partial charge in [-0.25, -0.2) is 9.52 Å². The number of rotatable bonds is 2. The molecule has 0 aliphatic heterocycles. The molecule has 0 unspecified atom stereocenters. The SMILES string of the molecule is [C-]#[N+]c1c(C(F)(F)F)cc(-c2ccccc2)n(/N=C2\C[C@@H]3CC[C@H]2C3)c1=O. The van der Waals surface area contributed by atoms with Gasteiger partial charge in [0.25, 0.3) is 11.2 Å². The van der Waals surface area contributed by atoms with E-state index in [1.165, 1.54) is 0 Å². The van der Waals surface area contributed by atoms with Crippen molar-refractivity contribution in [3.8, 4) is 11.3 Å². The van der Waals surface area contributed by atoms with Gasteiger partial charge in [0, 0.05) is 11.3 Å². The molecule has 0 N–H and O–H groups in total. The maximum atomic E-state index is 13.4. The first-order valence-electron chi connectivity index (χ1n) is 8.76. The van der Waals surface area contributed by atoms with Gasteiger partial charge in [-0.1, -0.05) is 30.3 Å². The Morgan fingerprint density at radius 1 is 1.19 bits per heavy atom. The van der Waals surface area contributed by atoms with Gasteiger partial charge in [-0.15, -0.1) is 0 Å². The maximum Gasteiger partial charge on any atom is 0.407 e. The monoisotopic (exact) mass is 371 g/mol. The molecule has 138 valence electrons. The van der Waals surface area contributed by atoms with E-state index >= 15 is 0 Å². The molecule has 2 aliphatic carbocycles. The van der Waals surface area contributed by atoms with Crippen LogP contribution in [0.3, 0.4) is 0 Å². The summed E-state index contributed by atoms with van der Waals surface area (Å²) in [7, 11) is 0. The molecule has 0 amide bonds. The van der Waals surface area contributed by atoms with Crippen LogP contribution in [-0.4, -0.2) is 10.4 Å². The molecule has 4 rings (SSSR count). The lowest BCUT2D eigenvalue weighted by Gasteiger charge is -2.17. The number of pyridine rings is 1. The summed E-state index contributed by atoms with van der Waals surface area (Å²) in [4.78, 5) is 15.7. The molecule has 27 heavy (non-hydrogen) atoms. The fraction of sp³-hybridized carbons (Fsp3) is 0.350. The van der Waals surface area contributed by atoms with Crippen molar-refractivity contribution in [1.82, 2.24) is 4.68 Å². The Morgan fingerprint density at radius 2 is 1.93 bits per heavy atom. The highest BCUT2D eigenvalue weighted by molar-refractivity contribution is 5.90. The van der Waals surface area contributed by atoms with Crippen LogP contribution >= 0.6 is 0 Å². The lowest BCUT2D eigenvalue weighted by atomic mass is 9.99. The highest BCUT2D eigenvalue weighted by atomic mass is 19.4. The second-order valence-electron chi connectivity index (χ2n) is 7.06. The standard InChI is InChI=1S/C20H16F3N3O/c1-24-18-15(20(21,22)23)11-17(13-5-3-2-4-6-13)26(19(18)27)25-16-10-12-7-8-14(16)9-12/h2-6,11-12,14H,7-10H2/b25-16+/t12-,14+/m1/s1. The predicted molar refractivity (Wildman–Crippen MR) is 95.7 cm³/mol. The van der Waals surface area contributed by atoms with E-state index < -0.39 is 23.0 Å². The van der Waals surface area contributed by atoms with Gasteiger partial charge in [0.1, 0.15) is 0 Å². The third-order valence-corrected chi connectivity index (χ3v) is 5.38. The third kappa shape index (κ3) is 3.05. The van der Waals surface area contributed by atoms with E-state index in [9.17, 15) is 18.0 Å². The minimum Gasteiger partial charge on any atom is -0.281 e. The fourth-order valence-corrected chi connectivity index (χ4v) is 4.11. The Hall–Kier alpha value is -2.88. The van der Waals surface area contributed by atoms with E-state index in [0.29, 0.717) is 11.5 Å². The van der Waals surface area contributed by atoms with Crippen molar-refractivity contribution < 1.29 is 13.2 Å². The number of fused-ring (bicyclic) bond motifs is 2. The Balaban J connectivity index is 1.98. The molecule has 2 saturated carbocycles. The van der Waals surface area contributed by atoms with Crippen LogP contribution in [0.1, 0.15) is 31.2 Å². The minimum atomic E-state index is -4.79. The van der Waals surface area contributed by atoms with Gasteiger partial charge in [-0.3, -0.25) is 4.79 Å². The van der Waals surface area contributed by atoms with Crippen LogP contribution in [-0.2, 0) is 6.18 Å². The van der Waals surface area contributed by atoms with Crippen LogP contribution in [0.2, 0.25) is 0 Å². The maximum absolute atomic E-state index is 13.4. The molecular weight excluding hydrogens is 355 g/mol. The summed E-state index contributed by atoms with van der Waals surface area (Å²) in [5.41, 5.74) is -1.82. The second kappa shape index (κ2) is 6.38. The van der Waals surface area contributed by atoms with Crippen LogP contribution < -0.4 is 5.56 Å². The van der Waals surface area contributed by atoms with Crippen molar-refractivity contribution in [2.75, 3.05) is 0 Å². The van der Waals surface area contributed by atoms with Crippen molar-refractivity contribution in [3.63, 3.8) is 0 Å². The molecule has 0 saturated heterocycles. The van der Waals surface area contributed by atoms with Gasteiger partial charge < -0.3 is 0 Å². The van der Waals surface area contributed by atoms with E-state index in [1.54, 1.807) is 30.3 Å². The minimum absolute atomic E-state index is 0.0515. The van der Waals surface area contributed by atoms with Gasteiger partial charge in [0.2, 0.25) is 0 Å². The average molecular weight is 371 g/mol. The van der Waals surface area contributed by atoms with E-state index in [4.69, 9.17) is 6.57 Å². The van der Waals surface area contributed by atoms with Crippen molar-refractivity contribution in [1.29, 1.82) is 0 Å². The van der Waals surface area contributed by atoms with Gasteiger partial charge in [0.15, 0.2) is 0 Å². The summed E-state index contributed by atoms with van der Waals surface area (Å²) in [6, 6.07) is 9.23. The Bertz CT molecular complexity index is 1020. The number of aromatic nitrogens is 1. The molecular formula is C20H16F3N3O. The van der Waals surface area contributed by atoms with Gasteiger partial charge in [-0.2, -0.15) is 18.3 Å². The predicted octanol–water partition coefficient (Wildman–Crippen LogP) is 5.11. The topological polar surface area (TPSA) is 38.7 Å². The van der Waals surface area contributed by atoms with Crippen LogP contribution in [0.25, 0.3) is 16.1 Å². The highest BCUT2D eigenvalue weighted by Crippen LogP contribution is 2.43. The summed E-state index contributed by atoms with van der Waals surface area (Å²) in [6.45, 7) is 7.11. The highest BCUT2D eigenvalue weighted by Gasteiger charge is 2.39. The fourth-order valence-electron chi connectivity index (χ4n) is 4.11. The molecule has 2 bridgehead atoms. The number of alkyl halides is 3. The molecule has 2 aliphatic rings. The van der Waals surface area contributed by atoms with Crippen molar-refractivity contribution >= 4 is 11.4 Å². The molecule has 7 heteroatoms. The molecule has 4 nitrogen and oxygen atoms in total. The van der Waals surface area contributed by atoms with E-state index in [2.05, 4.69) is 9.95 Å². The first-order valence-corrected chi connectivity index (χ1v) is 8.76. The van der Waals surface area contributed by atoms with Gasteiger partial charge in [0.05, 0.1) is 17.8 Å². The van der Waals surface area contributed by atoms with Crippen molar-refractivity contribution in [2.24, 2.45) is 16.9 Å². The Kier molecular flexibility index (Phi) is 4.14.